The third-order valence-corrected chi connectivity index (χ3v) is 8.06. The second-order valence-electron chi connectivity index (χ2n) is 13.2. The van der Waals surface area contributed by atoms with E-state index in [1.165, 1.54) is 5.56 Å². The van der Waals surface area contributed by atoms with E-state index in [9.17, 15) is 0 Å². The molecule has 0 bridgehead atoms. The highest BCUT2D eigenvalue weighted by Crippen LogP contribution is 2.39. The lowest BCUT2D eigenvalue weighted by Gasteiger charge is -2.19. The molecule has 0 amide bonds. The summed E-state index contributed by atoms with van der Waals surface area (Å²) in [5, 5.41) is 0. The molecule has 0 unspecified atom stereocenters. The molecule has 0 saturated carbocycles. The Morgan fingerprint density at radius 3 is 1.10 bits per heavy atom. The Labute approximate surface area is 287 Å². The van der Waals surface area contributed by atoms with Crippen molar-refractivity contribution >= 4 is 0 Å². The van der Waals surface area contributed by atoms with Crippen LogP contribution in [0.1, 0.15) is 65.4 Å². The number of hydrogen-bond donors (Lipinski definition) is 3. The minimum atomic E-state index is 0.0642. The van der Waals surface area contributed by atoms with Gasteiger partial charge in [-0.15, -0.1) is 0 Å². The van der Waals surface area contributed by atoms with Gasteiger partial charge in [0.25, 0.3) is 0 Å². The van der Waals surface area contributed by atoms with Crippen LogP contribution in [0.4, 0.5) is 0 Å². The third-order valence-electron chi connectivity index (χ3n) is 8.06. The van der Waals surface area contributed by atoms with Crippen LogP contribution in [-0.2, 0) is 5.41 Å². The standard InChI is InChI=1S/C41H55N3O4/c1-5-6-17-45-37-24-34(25-38(28-37)46-18-7-14-42)32-21-31(30-10-12-36(13-11-30)41(2,3)4)22-33(23-32)35-26-39(47-19-8-15-43)29-40(27-35)48-20-9-16-44/h10-13,21-29H,5-9,14-20,42-44H2,1-4H3. The Kier molecular flexibility index (Phi) is 14.2. The van der Waals surface area contributed by atoms with Crippen LogP contribution >= 0.6 is 0 Å². The van der Waals surface area contributed by atoms with Gasteiger partial charge in [-0.05, 0) is 132 Å². The first-order chi connectivity index (χ1) is 23.2. The van der Waals surface area contributed by atoms with Crippen molar-refractivity contribution in [3.63, 3.8) is 0 Å². The van der Waals surface area contributed by atoms with Crippen LogP contribution in [0.2, 0.25) is 0 Å². The fraction of sp³-hybridized carbons (Fsp3) is 0.415. The van der Waals surface area contributed by atoms with Crippen molar-refractivity contribution in [1.29, 1.82) is 0 Å². The Hall–Kier alpha value is -4.04. The summed E-state index contributed by atoms with van der Waals surface area (Å²) in [6.45, 7) is 12.8. The van der Waals surface area contributed by atoms with Crippen LogP contribution in [0.15, 0.2) is 78.9 Å². The Morgan fingerprint density at radius 2 is 0.771 bits per heavy atom. The molecular formula is C41H55N3O4. The fourth-order valence-corrected chi connectivity index (χ4v) is 5.25. The van der Waals surface area contributed by atoms with E-state index in [1.54, 1.807) is 0 Å². The summed E-state index contributed by atoms with van der Waals surface area (Å²) in [6, 6.07) is 27.8. The summed E-state index contributed by atoms with van der Waals surface area (Å²) in [4.78, 5) is 0. The van der Waals surface area contributed by atoms with E-state index in [4.69, 9.17) is 36.1 Å². The zero-order valence-electron chi connectivity index (χ0n) is 29.4. The average molecular weight is 654 g/mol. The van der Waals surface area contributed by atoms with Gasteiger partial charge in [0.15, 0.2) is 0 Å². The van der Waals surface area contributed by atoms with Crippen LogP contribution in [0, 0.1) is 0 Å². The second kappa shape index (κ2) is 18.5. The molecule has 0 radical (unpaired) electrons. The van der Waals surface area contributed by atoms with Crippen molar-refractivity contribution in [2.24, 2.45) is 17.2 Å². The quantitative estimate of drug-likeness (QED) is 0.0872. The van der Waals surface area contributed by atoms with Crippen LogP contribution in [0.25, 0.3) is 33.4 Å². The molecule has 0 fully saturated rings. The van der Waals surface area contributed by atoms with E-state index in [2.05, 4.69) is 94.4 Å². The predicted molar refractivity (Wildman–Crippen MR) is 199 cm³/mol. The minimum Gasteiger partial charge on any atom is -0.493 e. The van der Waals surface area contributed by atoms with Crippen molar-refractivity contribution in [3.8, 4) is 56.4 Å². The Balaban J connectivity index is 1.86. The van der Waals surface area contributed by atoms with Crippen LogP contribution in [0.5, 0.6) is 23.0 Å². The number of ether oxygens (including phenoxy) is 4. The first kappa shape index (κ1) is 36.8. The van der Waals surface area contributed by atoms with Crippen LogP contribution in [-0.4, -0.2) is 46.1 Å². The van der Waals surface area contributed by atoms with E-state index >= 15 is 0 Å². The van der Waals surface area contributed by atoms with Gasteiger partial charge in [-0.3, -0.25) is 0 Å². The number of nitrogens with two attached hydrogens (primary N) is 3. The molecule has 0 atom stereocenters. The summed E-state index contributed by atoms with van der Waals surface area (Å²) in [5.74, 6) is 3.04. The lowest BCUT2D eigenvalue weighted by molar-refractivity contribution is 0.296. The molecule has 0 aliphatic rings. The monoisotopic (exact) mass is 653 g/mol. The van der Waals surface area contributed by atoms with Crippen molar-refractivity contribution < 1.29 is 18.9 Å². The molecule has 0 spiro atoms. The van der Waals surface area contributed by atoms with E-state index in [-0.39, 0.29) is 5.41 Å². The molecule has 4 aromatic rings. The highest BCUT2D eigenvalue weighted by atomic mass is 16.5. The zero-order chi connectivity index (χ0) is 34.4. The maximum atomic E-state index is 6.20. The zero-order valence-corrected chi connectivity index (χ0v) is 29.4. The normalized spacial score (nSPS) is 11.4. The molecule has 48 heavy (non-hydrogen) atoms. The molecule has 0 saturated heterocycles. The van der Waals surface area contributed by atoms with E-state index in [1.807, 2.05) is 12.1 Å². The number of unbranched alkanes of at least 4 members (excludes halogenated alkanes) is 1. The van der Waals surface area contributed by atoms with E-state index < -0.39 is 0 Å². The maximum absolute atomic E-state index is 6.20. The van der Waals surface area contributed by atoms with Crippen LogP contribution in [0.3, 0.4) is 0 Å². The third kappa shape index (κ3) is 11.0. The fourth-order valence-electron chi connectivity index (χ4n) is 5.25. The van der Waals surface area contributed by atoms with Crippen molar-refractivity contribution in [1.82, 2.24) is 0 Å². The molecule has 6 N–H and O–H groups in total. The smallest absolute Gasteiger partial charge is 0.123 e. The van der Waals surface area contributed by atoms with Gasteiger partial charge in [0.05, 0.1) is 26.4 Å². The van der Waals surface area contributed by atoms with Gasteiger partial charge in [0.1, 0.15) is 23.0 Å². The largest absolute Gasteiger partial charge is 0.493 e. The lowest BCUT2D eigenvalue weighted by Crippen LogP contribution is -2.10. The van der Waals surface area contributed by atoms with Crippen LogP contribution < -0.4 is 36.1 Å². The molecule has 7 nitrogen and oxygen atoms in total. The SMILES string of the molecule is CCCCOc1cc(OCCCN)cc(-c2cc(-c3ccc(C(C)(C)C)cc3)cc(-c3cc(OCCCN)cc(OCCCN)c3)c2)c1. The molecule has 258 valence electrons. The van der Waals surface area contributed by atoms with E-state index in [0.717, 1.165) is 88.5 Å². The summed E-state index contributed by atoms with van der Waals surface area (Å²) in [7, 11) is 0. The number of hydrogen-bond acceptors (Lipinski definition) is 7. The highest BCUT2D eigenvalue weighted by Gasteiger charge is 2.16. The lowest BCUT2D eigenvalue weighted by atomic mass is 9.86. The number of rotatable bonds is 19. The van der Waals surface area contributed by atoms with Gasteiger partial charge >= 0.3 is 0 Å². The second-order valence-corrected chi connectivity index (χ2v) is 13.2. The molecule has 0 aromatic heterocycles. The summed E-state index contributed by atoms with van der Waals surface area (Å²) in [6.07, 6.45) is 4.36. The first-order valence-corrected chi connectivity index (χ1v) is 17.4. The molecule has 4 aromatic carbocycles. The minimum absolute atomic E-state index is 0.0642. The van der Waals surface area contributed by atoms with Gasteiger partial charge in [0, 0.05) is 12.1 Å². The van der Waals surface area contributed by atoms with Gasteiger partial charge < -0.3 is 36.1 Å². The summed E-state index contributed by atoms with van der Waals surface area (Å²) in [5.41, 5.74) is 24.9. The average Bonchev–Trinajstić information content (AvgIpc) is 3.08. The maximum Gasteiger partial charge on any atom is 0.123 e. The Morgan fingerprint density at radius 1 is 0.438 bits per heavy atom. The first-order valence-electron chi connectivity index (χ1n) is 17.4. The van der Waals surface area contributed by atoms with Crippen molar-refractivity contribution in [2.75, 3.05) is 46.1 Å². The van der Waals surface area contributed by atoms with E-state index in [0.29, 0.717) is 46.1 Å². The molecule has 0 aliphatic heterocycles. The molecular weight excluding hydrogens is 598 g/mol. The van der Waals surface area contributed by atoms with Crippen molar-refractivity contribution in [3.05, 3.63) is 84.4 Å². The Bertz CT molecular complexity index is 1420. The molecule has 4 rings (SSSR count). The summed E-state index contributed by atoms with van der Waals surface area (Å²) >= 11 is 0. The summed E-state index contributed by atoms with van der Waals surface area (Å²) < 4.78 is 24.6. The molecule has 0 aliphatic carbocycles. The predicted octanol–water partition coefficient (Wildman–Crippen LogP) is 8.35. The molecule has 0 heterocycles. The highest BCUT2D eigenvalue weighted by molar-refractivity contribution is 5.82. The van der Waals surface area contributed by atoms with Gasteiger partial charge in [-0.2, -0.15) is 0 Å². The van der Waals surface area contributed by atoms with Gasteiger partial charge in [-0.25, -0.2) is 0 Å². The van der Waals surface area contributed by atoms with Gasteiger partial charge in [-0.1, -0.05) is 58.4 Å². The number of benzene rings is 4. The van der Waals surface area contributed by atoms with Crippen molar-refractivity contribution in [2.45, 2.75) is 65.2 Å². The topological polar surface area (TPSA) is 115 Å². The van der Waals surface area contributed by atoms with Gasteiger partial charge in [0.2, 0.25) is 0 Å². The molecule has 7 heteroatoms.